The quantitative estimate of drug-likeness (QED) is 0.328. The maximum atomic E-state index is 11.7. The van der Waals surface area contributed by atoms with Crippen LogP contribution in [0.25, 0.3) is 11.4 Å². The zero-order valence-corrected chi connectivity index (χ0v) is 18.3. The molecule has 9 heteroatoms. The monoisotopic (exact) mass is 416 g/mol. The average molecular weight is 417 g/mol. The first-order chi connectivity index (χ1) is 14.5. The van der Waals surface area contributed by atoms with Gasteiger partial charge in [-0.3, -0.25) is 4.79 Å². The molecule has 0 aliphatic carbocycles. The largest absolute Gasteiger partial charge is 0.497 e. The van der Waals surface area contributed by atoms with Crippen LogP contribution in [-0.4, -0.2) is 67.7 Å². The van der Waals surface area contributed by atoms with Crippen LogP contribution in [0.2, 0.25) is 0 Å². The number of nitrogens with one attached hydrogen (secondary N) is 2. The lowest BCUT2D eigenvalue weighted by Crippen LogP contribution is -2.38. The minimum Gasteiger partial charge on any atom is -0.497 e. The molecular formula is C21H32N6O3. The number of ether oxygens (including phenoxy) is 1. The van der Waals surface area contributed by atoms with E-state index in [4.69, 9.17) is 9.26 Å². The molecule has 1 amide bonds. The Morgan fingerprint density at radius 3 is 2.60 bits per heavy atom. The predicted octanol–water partition coefficient (Wildman–Crippen LogP) is 2.10. The molecule has 2 N–H and O–H groups in total. The van der Waals surface area contributed by atoms with Crippen molar-refractivity contribution in [2.24, 2.45) is 4.99 Å². The fraction of sp³-hybridized carbons (Fsp3) is 0.524. The third-order valence-electron chi connectivity index (χ3n) is 4.39. The number of amides is 1. The van der Waals surface area contributed by atoms with Gasteiger partial charge >= 0.3 is 0 Å². The first-order valence-corrected chi connectivity index (χ1v) is 10.2. The van der Waals surface area contributed by atoms with E-state index in [-0.39, 0.29) is 12.5 Å². The SMILES string of the molecule is CCNC(=NCC(=O)N(C)C)NCCCCCc1nc(-c2ccc(OC)cc2)no1. The van der Waals surface area contributed by atoms with Crippen LogP contribution in [0.15, 0.2) is 33.8 Å². The third kappa shape index (κ3) is 7.73. The Morgan fingerprint density at radius 2 is 1.93 bits per heavy atom. The normalized spacial score (nSPS) is 11.3. The molecule has 2 rings (SSSR count). The summed E-state index contributed by atoms with van der Waals surface area (Å²) in [5, 5.41) is 10.5. The zero-order chi connectivity index (χ0) is 21.8. The van der Waals surface area contributed by atoms with Crippen molar-refractivity contribution in [1.82, 2.24) is 25.7 Å². The van der Waals surface area contributed by atoms with Gasteiger partial charge in [-0.05, 0) is 44.0 Å². The standard InChI is InChI=1S/C21H32N6O3/c1-5-22-21(24-15-19(28)27(2)3)23-14-8-6-7-9-18-25-20(26-30-18)16-10-12-17(29-4)13-11-16/h10-13H,5-9,14-15H2,1-4H3,(H2,22,23,24). The summed E-state index contributed by atoms with van der Waals surface area (Å²) >= 11 is 0. The molecule has 1 heterocycles. The molecular weight excluding hydrogens is 384 g/mol. The summed E-state index contributed by atoms with van der Waals surface area (Å²) in [6, 6.07) is 7.57. The van der Waals surface area contributed by atoms with Crippen LogP contribution in [0.3, 0.4) is 0 Å². The van der Waals surface area contributed by atoms with Crippen molar-refractivity contribution < 1.29 is 14.1 Å². The Balaban J connectivity index is 1.69. The number of aliphatic imine (C=N–C) groups is 1. The zero-order valence-electron chi connectivity index (χ0n) is 18.3. The van der Waals surface area contributed by atoms with Gasteiger partial charge in [0.2, 0.25) is 17.6 Å². The van der Waals surface area contributed by atoms with E-state index in [0.29, 0.717) is 17.7 Å². The number of likely N-dealkylation sites (N-methyl/N-ethyl adjacent to an activating group) is 1. The Hall–Kier alpha value is -3.10. The number of aromatic nitrogens is 2. The Bertz CT molecular complexity index is 801. The molecule has 1 aromatic heterocycles. The summed E-state index contributed by atoms with van der Waals surface area (Å²) in [4.78, 5) is 22.0. The summed E-state index contributed by atoms with van der Waals surface area (Å²) in [5.41, 5.74) is 0.901. The number of hydrogen-bond acceptors (Lipinski definition) is 6. The molecule has 2 aromatic rings. The number of benzene rings is 1. The fourth-order valence-corrected chi connectivity index (χ4v) is 2.63. The highest BCUT2D eigenvalue weighted by Crippen LogP contribution is 2.20. The third-order valence-corrected chi connectivity index (χ3v) is 4.39. The molecule has 0 unspecified atom stereocenters. The van der Waals surface area contributed by atoms with Gasteiger partial charge in [-0.1, -0.05) is 11.6 Å². The summed E-state index contributed by atoms with van der Waals surface area (Å²) in [6.45, 7) is 3.66. The molecule has 0 bridgehead atoms. The second kappa shape index (κ2) is 12.5. The summed E-state index contributed by atoms with van der Waals surface area (Å²) in [5.74, 6) is 2.66. The molecule has 0 aliphatic rings. The predicted molar refractivity (Wildman–Crippen MR) is 117 cm³/mol. The summed E-state index contributed by atoms with van der Waals surface area (Å²) in [7, 11) is 5.08. The Kier molecular flexibility index (Phi) is 9.63. The van der Waals surface area contributed by atoms with Crippen LogP contribution in [0, 0.1) is 0 Å². The van der Waals surface area contributed by atoms with Crippen LogP contribution >= 0.6 is 0 Å². The van der Waals surface area contributed by atoms with Crippen LogP contribution in [0.4, 0.5) is 0 Å². The minimum absolute atomic E-state index is 0.0271. The maximum absolute atomic E-state index is 11.7. The fourth-order valence-electron chi connectivity index (χ4n) is 2.63. The highest BCUT2D eigenvalue weighted by molar-refractivity contribution is 5.84. The van der Waals surface area contributed by atoms with Crippen LogP contribution in [0.5, 0.6) is 5.75 Å². The van der Waals surface area contributed by atoms with Crippen LogP contribution in [0.1, 0.15) is 32.1 Å². The lowest BCUT2D eigenvalue weighted by molar-refractivity contribution is -0.127. The first-order valence-electron chi connectivity index (χ1n) is 10.2. The van der Waals surface area contributed by atoms with Crippen LogP contribution in [-0.2, 0) is 11.2 Å². The number of hydrogen-bond donors (Lipinski definition) is 2. The first kappa shape index (κ1) is 23.2. The van der Waals surface area contributed by atoms with Gasteiger partial charge in [0.15, 0.2) is 5.96 Å². The number of unbranched alkanes of at least 4 members (excludes halogenated alkanes) is 2. The Morgan fingerprint density at radius 1 is 1.17 bits per heavy atom. The molecule has 0 saturated heterocycles. The smallest absolute Gasteiger partial charge is 0.243 e. The minimum atomic E-state index is -0.0271. The molecule has 9 nitrogen and oxygen atoms in total. The molecule has 0 saturated carbocycles. The van der Waals surface area contributed by atoms with Crippen molar-refractivity contribution in [2.75, 3.05) is 40.8 Å². The van der Waals surface area contributed by atoms with E-state index < -0.39 is 0 Å². The number of guanidine groups is 1. The Labute approximate surface area is 177 Å². The van der Waals surface area contributed by atoms with Gasteiger partial charge in [-0.25, -0.2) is 4.99 Å². The highest BCUT2D eigenvalue weighted by Gasteiger charge is 2.09. The van der Waals surface area contributed by atoms with Crippen molar-refractivity contribution in [2.45, 2.75) is 32.6 Å². The number of methoxy groups -OCH3 is 1. The number of carbonyl (C=O) groups excluding carboxylic acids is 1. The lowest BCUT2D eigenvalue weighted by Gasteiger charge is -2.12. The van der Waals surface area contributed by atoms with E-state index in [2.05, 4.69) is 25.8 Å². The summed E-state index contributed by atoms with van der Waals surface area (Å²) in [6.07, 6.45) is 3.70. The van der Waals surface area contributed by atoms with Crippen molar-refractivity contribution in [3.05, 3.63) is 30.2 Å². The molecule has 30 heavy (non-hydrogen) atoms. The molecule has 164 valence electrons. The van der Waals surface area contributed by atoms with E-state index >= 15 is 0 Å². The van der Waals surface area contributed by atoms with E-state index in [1.165, 1.54) is 4.90 Å². The van der Waals surface area contributed by atoms with Gasteiger partial charge in [0.25, 0.3) is 0 Å². The molecule has 0 radical (unpaired) electrons. The van der Waals surface area contributed by atoms with E-state index in [1.807, 2.05) is 31.2 Å². The van der Waals surface area contributed by atoms with Crippen molar-refractivity contribution in [3.63, 3.8) is 0 Å². The van der Waals surface area contributed by atoms with Gasteiger partial charge in [-0.2, -0.15) is 4.98 Å². The molecule has 1 aromatic carbocycles. The number of rotatable bonds is 11. The molecule has 0 aliphatic heterocycles. The van der Waals surface area contributed by atoms with E-state index in [0.717, 1.165) is 50.1 Å². The van der Waals surface area contributed by atoms with Crippen molar-refractivity contribution in [3.8, 4) is 17.1 Å². The molecule has 0 atom stereocenters. The van der Waals surface area contributed by atoms with Gasteiger partial charge in [0.1, 0.15) is 12.3 Å². The molecule has 0 spiro atoms. The number of carbonyl (C=O) groups is 1. The van der Waals surface area contributed by atoms with E-state index in [1.54, 1.807) is 21.2 Å². The second-order valence-corrected chi connectivity index (χ2v) is 6.96. The van der Waals surface area contributed by atoms with Gasteiger partial charge in [0, 0.05) is 39.2 Å². The van der Waals surface area contributed by atoms with Crippen molar-refractivity contribution >= 4 is 11.9 Å². The number of nitrogens with zero attached hydrogens (tertiary/aromatic N) is 4. The topological polar surface area (TPSA) is 105 Å². The van der Waals surface area contributed by atoms with E-state index in [9.17, 15) is 4.79 Å². The van der Waals surface area contributed by atoms with Crippen LogP contribution < -0.4 is 15.4 Å². The van der Waals surface area contributed by atoms with Gasteiger partial charge in [-0.15, -0.1) is 0 Å². The lowest BCUT2D eigenvalue weighted by atomic mass is 10.2. The highest BCUT2D eigenvalue weighted by atomic mass is 16.5. The average Bonchev–Trinajstić information content (AvgIpc) is 3.23. The van der Waals surface area contributed by atoms with Gasteiger partial charge in [0.05, 0.1) is 7.11 Å². The molecule has 0 fully saturated rings. The maximum Gasteiger partial charge on any atom is 0.243 e. The van der Waals surface area contributed by atoms with Gasteiger partial charge < -0.3 is 24.8 Å². The second-order valence-electron chi connectivity index (χ2n) is 6.96. The number of aryl methyl sites for hydroxylation is 1. The van der Waals surface area contributed by atoms with Crippen molar-refractivity contribution in [1.29, 1.82) is 0 Å². The summed E-state index contributed by atoms with van der Waals surface area (Å²) < 4.78 is 10.5.